The minimum atomic E-state index is -0.0643. The highest BCUT2D eigenvalue weighted by Gasteiger charge is 2.12. The van der Waals surface area contributed by atoms with Crippen molar-refractivity contribution < 1.29 is 9.21 Å². The van der Waals surface area contributed by atoms with Gasteiger partial charge in [0.1, 0.15) is 0 Å². The standard InChI is InChI=1S/C19H18ClN3O2/c1-13-4-2-3-5-16(13)19-23-22-18(25-19)11-10-17(24)21-12-14-6-8-15(20)9-7-14/h2-9H,10-12H2,1H3,(H,21,24). The molecule has 1 heterocycles. The Balaban J connectivity index is 1.51. The normalized spacial score (nSPS) is 10.6. The van der Waals surface area contributed by atoms with Gasteiger partial charge in [-0.3, -0.25) is 4.79 Å². The number of nitrogens with zero attached hydrogens (tertiary/aromatic N) is 2. The number of carbonyl (C=O) groups excluding carboxylic acids is 1. The Labute approximate surface area is 151 Å². The maximum absolute atomic E-state index is 12.0. The molecular weight excluding hydrogens is 338 g/mol. The summed E-state index contributed by atoms with van der Waals surface area (Å²) in [5.74, 6) is 0.875. The lowest BCUT2D eigenvalue weighted by molar-refractivity contribution is -0.121. The fourth-order valence-electron chi connectivity index (χ4n) is 2.39. The molecule has 6 heteroatoms. The SMILES string of the molecule is Cc1ccccc1-c1nnc(CCC(=O)NCc2ccc(Cl)cc2)o1. The fraction of sp³-hybridized carbons (Fsp3) is 0.211. The molecule has 0 bridgehead atoms. The summed E-state index contributed by atoms with van der Waals surface area (Å²) in [4.78, 5) is 12.0. The molecule has 0 aliphatic heterocycles. The summed E-state index contributed by atoms with van der Waals surface area (Å²) in [5, 5.41) is 11.6. The number of hydrogen-bond donors (Lipinski definition) is 1. The Kier molecular flexibility index (Phi) is 5.46. The van der Waals surface area contributed by atoms with E-state index in [4.69, 9.17) is 16.0 Å². The molecule has 0 atom stereocenters. The molecule has 1 aromatic heterocycles. The fourth-order valence-corrected chi connectivity index (χ4v) is 2.51. The number of nitrogens with one attached hydrogen (secondary N) is 1. The predicted octanol–water partition coefficient (Wildman–Crippen LogP) is 3.95. The van der Waals surface area contributed by atoms with E-state index in [0.29, 0.717) is 36.2 Å². The predicted molar refractivity (Wildman–Crippen MR) is 96.1 cm³/mol. The van der Waals surface area contributed by atoms with E-state index in [1.165, 1.54) is 0 Å². The van der Waals surface area contributed by atoms with Gasteiger partial charge in [0, 0.05) is 30.0 Å². The summed E-state index contributed by atoms with van der Waals surface area (Å²) in [5.41, 5.74) is 2.98. The quantitative estimate of drug-likeness (QED) is 0.727. The largest absolute Gasteiger partial charge is 0.421 e. The maximum atomic E-state index is 12.0. The molecule has 2 aromatic carbocycles. The minimum Gasteiger partial charge on any atom is -0.421 e. The van der Waals surface area contributed by atoms with Crippen LogP contribution in [0.2, 0.25) is 5.02 Å². The van der Waals surface area contributed by atoms with Crippen molar-refractivity contribution in [2.24, 2.45) is 0 Å². The average Bonchev–Trinajstić information content (AvgIpc) is 3.08. The first-order valence-corrected chi connectivity index (χ1v) is 8.39. The first-order chi connectivity index (χ1) is 12.1. The number of amides is 1. The van der Waals surface area contributed by atoms with Gasteiger partial charge in [-0.05, 0) is 36.2 Å². The lowest BCUT2D eigenvalue weighted by Crippen LogP contribution is -2.23. The van der Waals surface area contributed by atoms with Crippen molar-refractivity contribution in [1.29, 1.82) is 0 Å². The average molecular weight is 356 g/mol. The molecule has 1 amide bonds. The summed E-state index contributed by atoms with van der Waals surface area (Å²) in [7, 11) is 0. The topological polar surface area (TPSA) is 68.0 Å². The third-order valence-electron chi connectivity index (χ3n) is 3.81. The molecule has 0 saturated carbocycles. The van der Waals surface area contributed by atoms with Crippen LogP contribution in [-0.4, -0.2) is 16.1 Å². The Hall–Kier alpha value is -2.66. The van der Waals surface area contributed by atoms with Gasteiger partial charge in [0.05, 0.1) is 0 Å². The molecule has 0 aliphatic carbocycles. The molecule has 0 saturated heterocycles. The van der Waals surface area contributed by atoms with Crippen molar-refractivity contribution in [1.82, 2.24) is 15.5 Å². The van der Waals surface area contributed by atoms with Crippen molar-refractivity contribution in [2.75, 3.05) is 0 Å². The van der Waals surface area contributed by atoms with Crippen molar-refractivity contribution in [3.63, 3.8) is 0 Å². The van der Waals surface area contributed by atoms with E-state index < -0.39 is 0 Å². The van der Waals surface area contributed by atoms with E-state index in [1.807, 2.05) is 43.3 Å². The van der Waals surface area contributed by atoms with Crippen LogP contribution in [0.3, 0.4) is 0 Å². The zero-order valence-corrected chi connectivity index (χ0v) is 14.6. The highest BCUT2D eigenvalue weighted by atomic mass is 35.5. The molecular formula is C19H18ClN3O2. The number of benzene rings is 2. The highest BCUT2D eigenvalue weighted by molar-refractivity contribution is 6.30. The van der Waals surface area contributed by atoms with E-state index in [-0.39, 0.29) is 5.91 Å². The summed E-state index contributed by atoms with van der Waals surface area (Å²) in [6.45, 7) is 2.46. The van der Waals surface area contributed by atoms with E-state index in [9.17, 15) is 4.79 Å². The molecule has 0 aliphatic rings. The van der Waals surface area contributed by atoms with Crippen LogP contribution in [0.25, 0.3) is 11.5 Å². The Morgan fingerprint density at radius 1 is 1.12 bits per heavy atom. The molecule has 0 unspecified atom stereocenters. The summed E-state index contributed by atoms with van der Waals surface area (Å²) >= 11 is 5.84. The van der Waals surface area contributed by atoms with Crippen LogP contribution in [-0.2, 0) is 17.8 Å². The molecule has 1 N–H and O–H groups in total. The van der Waals surface area contributed by atoms with E-state index in [2.05, 4.69) is 15.5 Å². The zero-order valence-electron chi connectivity index (χ0n) is 13.8. The molecule has 5 nitrogen and oxygen atoms in total. The van der Waals surface area contributed by atoms with Crippen LogP contribution >= 0.6 is 11.6 Å². The van der Waals surface area contributed by atoms with Crippen molar-refractivity contribution in [3.05, 3.63) is 70.6 Å². The van der Waals surface area contributed by atoms with E-state index in [1.54, 1.807) is 12.1 Å². The molecule has 0 spiro atoms. The summed E-state index contributed by atoms with van der Waals surface area (Å²) in [6.07, 6.45) is 0.703. The molecule has 128 valence electrons. The second-order valence-corrected chi connectivity index (χ2v) is 6.16. The van der Waals surface area contributed by atoms with E-state index in [0.717, 1.165) is 16.7 Å². The lowest BCUT2D eigenvalue weighted by Gasteiger charge is -2.04. The van der Waals surface area contributed by atoms with Gasteiger partial charge in [0.25, 0.3) is 0 Å². The lowest BCUT2D eigenvalue weighted by atomic mass is 10.1. The van der Waals surface area contributed by atoms with Crippen molar-refractivity contribution in [3.8, 4) is 11.5 Å². The molecule has 25 heavy (non-hydrogen) atoms. The maximum Gasteiger partial charge on any atom is 0.247 e. The minimum absolute atomic E-state index is 0.0643. The van der Waals surface area contributed by atoms with Gasteiger partial charge in [-0.1, -0.05) is 41.9 Å². The van der Waals surface area contributed by atoms with Gasteiger partial charge < -0.3 is 9.73 Å². The van der Waals surface area contributed by atoms with Gasteiger partial charge >= 0.3 is 0 Å². The van der Waals surface area contributed by atoms with E-state index >= 15 is 0 Å². The number of carbonyl (C=O) groups is 1. The second-order valence-electron chi connectivity index (χ2n) is 5.72. The van der Waals surface area contributed by atoms with Gasteiger partial charge in [-0.25, -0.2) is 0 Å². The van der Waals surface area contributed by atoms with Gasteiger partial charge in [-0.15, -0.1) is 10.2 Å². The summed E-state index contributed by atoms with van der Waals surface area (Å²) in [6, 6.07) is 15.2. The van der Waals surface area contributed by atoms with Gasteiger partial charge in [-0.2, -0.15) is 0 Å². The smallest absolute Gasteiger partial charge is 0.247 e. The monoisotopic (exact) mass is 355 g/mol. The number of rotatable bonds is 6. The van der Waals surface area contributed by atoms with Crippen LogP contribution in [0.15, 0.2) is 52.9 Å². The highest BCUT2D eigenvalue weighted by Crippen LogP contribution is 2.21. The molecule has 3 aromatic rings. The van der Waals surface area contributed by atoms with Crippen LogP contribution in [0.5, 0.6) is 0 Å². The first-order valence-electron chi connectivity index (χ1n) is 8.01. The second kappa shape index (κ2) is 7.94. The third kappa shape index (κ3) is 4.67. The molecule has 0 fully saturated rings. The first kappa shape index (κ1) is 17.2. The number of halogens is 1. The van der Waals surface area contributed by atoms with Crippen LogP contribution in [0.4, 0.5) is 0 Å². The number of aryl methyl sites for hydroxylation is 2. The third-order valence-corrected chi connectivity index (χ3v) is 4.06. The van der Waals surface area contributed by atoms with Crippen LogP contribution < -0.4 is 5.32 Å². The van der Waals surface area contributed by atoms with Gasteiger partial charge in [0.15, 0.2) is 0 Å². The van der Waals surface area contributed by atoms with Crippen LogP contribution in [0.1, 0.15) is 23.4 Å². The Morgan fingerprint density at radius 2 is 1.88 bits per heavy atom. The Bertz CT molecular complexity index is 859. The number of aromatic nitrogens is 2. The molecule has 0 radical (unpaired) electrons. The van der Waals surface area contributed by atoms with Gasteiger partial charge in [0.2, 0.25) is 17.7 Å². The Morgan fingerprint density at radius 3 is 2.64 bits per heavy atom. The molecule has 3 rings (SSSR count). The van der Waals surface area contributed by atoms with Crippen LogP contribution in [0, 0.1) is 6.92 Å². The summed E-state index contributed by atoms with van der Waals surface area (Å²) < 4.78 is 5.66. The van der Waals surface area contributed by atoms with Crippen molar-refractivity contribution >= 4 is 17.5 Å². The van der Waals surface area contributed by atoms with Crippen molar-refractivity contribution in [2.45, 2.75) is 26.3 Å². The number of hydrogen-bond acceptors (Lipinski definition) is 4. The zero-order chi connectivity index (χ0) is 17.6.